The van der Waals surface area contributed by atoms with Gasteiger partial charge >= 0.3 is 0 Å². The molecular weight excluding hydrogens is 471 g/mol. The Balaban J connectivity index is 0.00000364. The molecule has 27 heavy (non-hydrogen) atoms. The lowest BCUT2D eigenvalue weighted by molar-refractivity contribution is 0.0374. The van der Waals surface area contributed by atoms with Crippen LogP contribution in [-0.4, -0.2) is 56.4 Å². The third kappa shape index (κ3) is 8.58. The summed E-state index contributed by atoms with van der Waals surface area (Å²) in [6.45, 7) is 8.47. The van der Waals surface area contributed by atoms with Crippen molar-refractivity contribution >= 4 is 41.7 Å². The van der Waals surface area contributed by atoms with Crippen molar-refractivity contribution in [3.05, 3.63) is 35.9 Å². The van der Waals surface area contributed by atoms with Crippen LogP contribution in [0.3, 0.4) is 0 Å². The van der Waals surface area contributed by atoms with E-state index in [0.29, 0.717) is 0 Å². The number of hydrogen-bond acceptors (Lipinski definition) is 4. The molecule has 7 heteroatoms. The molecule has 2 rings (SSSR count). The summed E-state index contributed by atoms with van der Waals surface area (Å²) in [5.41, 5.74) is 1.29. The number of thioether (sulfide) groups is 1. The van der Waals surface area contributed by atoms with Crippen LogP contribution in [0.25, 0.3) is 0 Å². The van der Waals surface area contributed by atoms with Gasteiger partial charge in [0.1, 0.15) is 0 Å². The molecule has 0 radical (unpaired) electrons. The minimum Gasteiger partial charge on any atom is -0.381 e. The quantitative estimate of drug-likeness (QED) is 0.208. The van der Waals surface area contributed by atoms with Crippen molar-refractivity contribution in [3.8, 4) is 0 Å². The van der Waals surface area contributed by atoms with Gasteiger partial charge in [0.15, 0.2) is 5.96 Å². The molecule has 1 aromatic rings. The van der Waals surface area contributed by atoms with E-state index in [1.807, 2.05) is 11.8 Å². The third-order valence-electron chi connectivity index (χ3n) is 4.75. The largest absolute Gasteiger partial charge is 0.381 e. The van der Waals surface area contributed by atoms with Crippen LogP contribution in [0, 0.1) is 0 Å². The summed E-state index contributed by atoms with van der Waals surface area (Å²) < 4.78 is 5.62. The van der Waals surface area contributed by atoms with Gasteiger partial charge in [-0.3, -0.25) is 4.99 Å². The lowest BCUT2D eigenvalue weighted by Gasteiger charge is -2.39. The fraction of sp³-hybridized carbons (Fsp3) is 0.650. The average Bonchev–Trinajstić information content (AvgIpc) is 2.68. The van der Waals surface area contributed by atoms with Crippen LogP contribution < -0.4 is 16.0 Å². The number of aliphatic imine (C=N–C) groups is 1. The van der Waals surface area contributed by atoms with Crippen LogP contribution in [0.5, 0.6) is 0 Å². The lowest BCUT2D eigenvalue weighted by Crippen LogP contribution is -2.53. The predicted octanol–water partition coefficient (Wildman–Crippen LogP) is 3.42. The van der Waals surface area contributed by atoms with Gasteiger partial charge in [0.2, 0.25) is 0 Å². The maximum Gasteiger partial charge on any atom is 0.191 e. The number of nitrogens with one attached hydrogen (secondary N) is 3. The Labute approximate surface area is 185 Å². The molecule has 3 N–H and O–H groups in total. The van der Waals surface area contributed by atoms with E-state index in [9.17, 15) is 0 Å². The fourth-order valence-corrected chi connectivity index (χ4v) is 3.54. The number of nitrogens with zero attached hydrogens (tertiary/aromatic N) is 1. The number of benzene rings is 1. The number of rotatable bonds is 9. The Morgan fingerprint density at radius 2 is 1.93 bits per heavy atom. The van der Waals surface area contributed by atoms with E-state index in [1.165, 1.54) is 5.56 Å². The Morgan fingerprint density at radius 3 is 2.56 bits per heavy atom. The van der Waals surface area contributed by atoms with E-state index in [2.05, 4.69) is 66.4 Å². The van der Waals surface area contributed by atoms with Crippen LogP contribution in [-0.2, 0) is 4.74 Å². The van der Waals surface area contributed by atoms with E-state index in [-0.39, 0.29) is 35.6 Å². The highest BCUT2D eigenvalue weighted by atomic mass is 127. The first-order valence-corrected chi connectivity index (χ1v) is 11.0. The molecule has 1 fully saturated rings. The van der Waals surface area contributed by atoms with E-state index in [1.54, 1.807) is 0 Å². The van der Waals surface area contributed by atoms with Gasteiger partial charge in [-0.1, -0.05) is 30.3 Å². The van der Waals surface area contributed by atoms with E-state index in [4.69, 9.17) is 9.73 Å². The first kappa shape index (κ1) is 24.5. The zero-order chi connectivity index (χ0) is 18.7. The molecular formula is C20H35IN4OS. The van der Waals surface area contributed by atoms with Gasteiger partial charge in [0.05, 0.1) is 6.54 Å². The molecule has 1 aromatic carbocycles. The molecule has 1 unspecified atom stereocenters. The van der Waals surface area contributed by atoms with Gasteiger partial charge in [0.25, 0.3) is 0 Å². The molecule has 0 aliphatic carbocycles. The first-order chi connectivity index (χ1) is 12.7. The number of halogens is 1. The van der Waals surface area contributed by atoms with Crippen LogP contribution in [0.1, 0.15) is 38.3 Å². The number of ether oxygens (including phenoxy) is 1. The first-order valence-electron chi connectivity index (χ1n) is 9.60. The van der Waals surface area contributed by atoms with Crippen molar-refractivity contribution < 1.29 is 4.74 Å². The molecule has 0 saturated carbocycles. The summed E-state index contributed by atoms with van der Waals surface area (Å²) in [6, 6.07) is 10.9. The van der Waals surface area contributed by atoms with Gasteiger partial charge in [-0.05, 0) is 38.5 Å². The van der Waals surface area contributed by atoms with E-state index >= 15 is 0 Å². The van der Waals surface area contributed by atoms with Crippen molar-refractivity contribution in [1.82, 2.24) is 16.0 Å². The van der Waals surface area contributed by atoms with Crippen LogP contribution in [0.15, 0.2) is 35.3 Å². The molecule has 1 aliphatic heterocycles. The minimum absolute atomic E-state index is 0. The van der Waals surface area contributed by atoms with Gasteiger partial charge in [-0.2, -0.15) is 11.8 Å². The summed E-state index contributed by atoms with van der Waals surface area (Å²) in [4.78, 5) is 4.89. The summed E-state index contributed by atoms with van der Waals surface area (Å²) in [7, 11) is 0. The zero-order valence-electron chi connectivity index (χ0n) is 16.8. The van der Waals surface area contributed by atoms with Crippen molar-refractivity contribution in [1.29, 1.82) is 0 Å². The predicted molar refractivity (Wildman–Crippen MR) is 129 cm³/mol. The maximum absolute atomic E-state index is 5.62. The summed E-state index contributed by atoms with van der Waals surface area (Å²) in [5.74, 6) is 1.98. The van der Waals surface area contributed by atoms with Crippen molar-refractivity contribution in [2.75, 3.05) is 44.9 Å². The Bertz CT molecular complexity index is 538. The minimum atomic E-state index is -0.0185. The Hall–Kier alpha value is -0.510. The summed E-state index contributed by atoms with van der Waals surface area (Å²) >= 11 is 1.84. The van der Waals surface area contributed by atoms with Crippen LogP contribution in [0.4, 0.5) is 0 Å². The van der Waals surface area contributed by atoms with Crippen LogP contribution in [0.2, 0.25) is 0 Å². The molecule has 0 bridgehead atoms. The zero-order valence-corrected chi connectivity index (χ0v) is 19.9. The van der Waals surface area contributed by atoms with E-state index < -0.39 is 0 Å². The van der Waals surface area contributed by atoms with E-state index in [0.717, 1.165) is 57.4 Å². The standard InChI is InChI=1S/C20H34N4OS.HI/c1-4-21-19(22-12-15-26-3)23-16-20(10-13-25-14-11-20)24-17(2)18-8-6-5-7-9-18;/h5-9,17,24H,4,10-16H2,1-3H3,(H2,21,22,23);1H. The normalized spacial score (nSPS) is 17.7. The second-order valence-electron chi connectivity index (χ2n) is 6.78. The molecule has 5 nitrogen and oxygen atoms in total. The second kappa shape index (κ2) is 13.6. The maximum atomic E-state index is 5.62. The topological polar surface area (TPSA) is 57.7 Å². The van der Waals surface area contributed by atoms with Crippen molar-refractivity contribution in [2.24, 2.45) is 4.99 Å². The Kier molecular flexibility index (Phi) is 12.4. The van der Waals surface area contributed by atoms with Crippen molar-refractivity contribution in [3.63, 3.8) is 0 Å². The van der Waals surface area contributed by atoms with Gasteiger partial charge < -0.3 is 20.7 Å². The molecule has 0 spiro atoms. The average molecular weight is 506 g/mol. The summed E-state index contributed by atoms with van der Waals surface area (Å²) in [5, 5.41) is 10.6. The van der Waals surface area contributed by atoms with Gasteiger partial charge in [-0.15, -0.1) is 24.0 Å². The second-order valence-corrected chi connectivity index (χ2v) is 7.77. The van der Waals surface area contributed by atoms with Gasteiger partial charge in [-0.25, -0.2) is 0 Å². The molecule has 1 saturated heterocycles. The molecule has 0 amide bonds. The number of hydrogen-bond donors (Lipinski definition) is 3. The third-order valence-corrected chi connectivity index (χ3v) is 5.37. The highest BCUT2D eigenvalue weighted by molar-refractivity contribution is 14.0. The van der Waals surface area contributed by atoms with Crippen molar-refractivity contribution in [2.45, 2.75) is 38.3 Å². The molecule has 1 aliphatic rings. The smallest absolute Gasteiger partial charge is 0.191 e. The highest BCUT2D eigenvalue weighted by Crippen LogP contribution is 2.25. The molecule has 0 aromatic heterocycles. The van der Waals surface area contributed by atoms with Gasteiger partial charge in [0, 0.05) is 43.6 Å². The van der Waals surface area contributed by atoms with Crippen LogP contribution >= 0.6 is 35.7 Å². The summed E-state index contributed by atoms with van der Waals surface area (Å²) in [6.07, 6.45) is 4.09. The highest BCUT2D eigenvalue weighted by Gasteiger charge is 2.33. The monoisotopic (exact) mass is 506 g/mol. The molecule has 1 atom stereocenters. The molecule has 154 valence electrons. The Morgan fingerprint density at radius 1 is 1.22 bits per heavy atom. The lowest BCUT2D eigenvalue weighted by atomic mass is 9.88. The number of guanidine groups is 1. The fourth-order valence-electron chi connectivity index (χ4n) is 3.24. The SMILES string of the molecule is CCNC(=NCC1(NC(C)c2ccccc2)CCOCC1)NCCSC.I. The molecule has 1 heterocycles.